The second-order valence-corrected chi connectivity index (χ2v) is 6.04. The molecule has 1 aromatic carbocycles. The van der Waals surface area contributed by atoms with Gasteiger partial charge in [-0.2, -0.15) is 0 Å². The van der Waals surface area contributed by atoms with E-state index in [1.165, 1.54) is 25.0 Å². The first-order valence-electron chi connectivity index (χ1n) is 7.08. The summed E-state index contributed by atoms with van der Waals surface area (Å²) in [4.78, 5) is 15.0. The zero-order valence-electron chi connectivity index (χ0n) is 11.5. The average Bonchev–Trinajstić information content (AvgIpc) is 2.64. The van der Waals surface area contributed by atoms with Crippen LogP contribution in [0.15, 0.2) is 18.2 Å². The Morgan fingerprint density at radius 1 is 1.26 bits per heavy atom. The van der Waals surface area contributed by atoms with Crippen LogP contribution in [0, 0.1) is 18.7 Å². The lowest BCUT2D eigenvalue weighted by molar-refractivity contribution is 0.0766. The predicted molar refractivity (Wildman–Crippen MR) is 72.8 cm³/mol. The van der Waals surface area contributed by atoms with Crippen LogP contribution in [0.25, 0.3) is 0 Å². The maximum absolute atomic E-state index is 13.3. The number of carbonyl (C=O) groups excluding carboxylic acids is 1. The number of hydrogen-bond acceptors (Lipinski definition) is 2. The first-order valence-corrected chi connectivity index (χ1v) is 7.08. The van der Waals surface area contributed by atoms with Gasteiger partial charge >= 0.3 is 0 Å². The minimum atomic E-state index is -0.315. The van der Waals surface area contributed by atoms with E-state index in [0.717, 1.165) is 18.4 Å². The van der Waals surface area contributed by atoms with Crippen molar-refractivity contribution in [2.45, 2.75) is 44.7 Å². The van der Waals surface area contributed by atoms with Gasteiger partial charge in [0.05, 0.1) is 0 Å². The molecule has 0 spiro atoms. The number of ketones is 1. The molecule has 102 valence electrons. The lowest BCUT2D eigenvalue weighted by Crippen LogP contribution is -2.42. The van der Waals surface area contributed by atoms with Gasteiger partial charge in [-0.15, -0.1) is 0 Å². The number of aryl methyl sites for hydroxylation is 1. The van der Waals surface area contributed by atoms with Gasteiger partial charge in [0.25, 0.3) is 0 Å². The molecular weight excluding hydrogens is 241 g/mol. The smallest absolute Gasteiger partial charge is 0.166 e. The molecule has 0 amide bonds. The number of fused-ring (bicyclic) bond motifs is 2. The number of halogens is 1. The largest absolute Gasteiger partial charge is 0.300 e. The molecule has 3 heteroatoms. The van der Waals surface area contributed by atoms with Crippen LogP contribution < -0.4 is 0 Å². The molecule has 2 nitrogen and oxygen atoms in total. The average molecular weight is 261 g/mol. The third kappa shape index (κ3) is 2.20. The van der Waals surface area contributed by atoms with Crippen molar-refractivity contribution in [3.8, 4) is 0 Å². The van der Waals surface area contributed by atoms with Gasteiger partial charge in [-0.25, -0.2) is 4.39 Å². The van der Waals surface area contributed by atoms with Crippen LogP contribution in [-0.2, 0) is 0 Å². The number of benzene rings is 1. The van der Waals surface area contributed by atoms with Crippen molar-refractivity contribution in [3.63, 3.8) is 0 Å². The van der Waals surface area contributed by atoms with Crippen molar-refractivity contribution >= 4 is 5.78 Å². The first-order chi connectivity index (χ1) is 9.06. The van der Waals surface area contributed by atoms with Crippen molar-refractivity contribution in [1.29, 1.82) is 0 Å². The van der Waals surface area contributed by atoms with Crippen LogP contribution >= 0.6 is 0 Å². The quantitative estimate of drug-likeness (QED) is 0.762. The predicted octanol–water partition coefficient (Wildman–Crippen LogP) is 3.19. The van der Waals surface area contributed by atoms with Gasteiger partial charge in [0.2, 0.25) is 0 Å². The van der Waals surface area contributed by atoms with Gasteiger partial charge in [-0.3, -0.25) is 4.79 Å². The molecule has 2 saturated heterocycles. The van der Waals surface area contributed by atoms with Gasteiger partial charge < -0.3 is 4.90 Å². The van der Waals surface area contributed by atoms with Gasteiger partial charge in [0.1, 0.15) is 5.82 Å². The molecule has 0 aromatic heterocycles. The van der Waals surface area contributed by atoms with E-state index in [0.29, 0.717) is 17.6 Å². The Labute approximate surface area is 113 Å². The van der Waals surface area contributed by atoms with Crippen molar-refractivity contribution < 1.29 is 9.18 Å². The number of rotatable bonds is 2. The SMILES string of the molecule is Cc1ccc(F)cc1C(=O)C1CC2CCC(C1)N2C. The van der Waals surface area contributed by atoms with Gasteiger partial charge in [-0.1, -0.05) is 6.07 Å². The molecule has 1 aromatic rings. The Bertz CT molecular complexity index is 499. The third-order valence-electron chi connectivity index (χ3n) is 4.93. The fourth-order valence-corrected chi connectivity index (χ4v) is 3.71. The zero-order chi connectivity index (χ0) is 13.6. The second-order valence-electron chi connectivity index (χ2n) is 6.04. The molecule has 0 N–H and O–H groups in total. The number of Topliss-reactive ketones (excluding diaryl/α,β-unsaturated/α-hetero) is 1. The normalized spacial score (nSPS) is 30.6. The summed E-state index contributed by atoms with van der Waals surface area (Å²) >= 11 is 0. The first kappa shape index (κ1) is 12.8. The van der Waals surface area contributed by atoms with Crippen LogP contribution in [-0.4, -0.2) is 29.8 Å². The van der Waals surface area contributed by atoms with Crippen molar-refractivity contribution in [1.82, 2.24) is 4.90 Å². The fraction of sp³-hybridized carbons (Fsp3) is 0.562. The monoisotopic (exact) mass is 261 g/mol. The van der Waals surface area contributed by atoms with E-state index in [2.05, 4.69) is 11.9 Å². The molecule has 19 heavy (non-hydrogen) atoms. The molecule has 2 fully saturated rings. The van der Waals surface area contributed by atoms with E-state index in [9.17, 15) is 9.18 Å². The number of carbonyl (C=O) groups is 1. The van der Waals surface area contributed by atoms with Crippen LogP contribution in [0.1, 0.15) is 41.6 Å². The molecule has 0 saturated carbocycles. The highest BCUT2D eigenvalue weighted by atomic mass is 19.1. The van der Waals surface area contributed by atoms with Gasteiger partial charge in [-0.05, 0) is 57.4 Å². The Kier molecular flexibility index (Phi) is 3.17. The topological polar surface area (TPSA) is 20.3 Å². The molecule has 2 aliphatic rings. The number of nitrogens with zero attached hydrogens (tertiary/aromatic N) is 1. The van der Waals surface area contributed by atoms with Crippen LogP contribution in [0.3, 0.4) is 0 Å². The maximum atomic E-state index is 13.3. The van der Waals surface area contributed by atoms with Gasteiger partial charge in [0, 0.05) is 23.6 Å². The lowest BCUT2D eigenvalue weighted by atomic mass is 9.84. The number of hydrogen-bond donors (Lipinski definition) is 0. The highest BCUT2D eigenvalue weighted by molar-refractivity contribution is 5.99. The second kappa shape index (κ2) is 4.71. The Morgan fingerprint density at radius 2 is 1.89 bits per heavy atom. The molecule has 2 heterocycles. The Hall–Kier alpha value is -1.22. The third-order valence-corrected chi connectivity index (χ3v) is 4.93. The van der Waals surface area contributed by atoms with E-state index in [1.807, 2.05) is 6.92 Å². The summed E-state index contributed by atoms with van der Waals surface area (Å²) in [5, 5.41) is 0. The molecular formula is C16H20FNO. The summed E-state index contributed by atoms with van der Waals surface area (Å²) in [6.07, 6.45) is 4.27. The molecule has 2 unspecified atom stereocenters. The molecule has 2 atom stereocenters. The van der Waals surface area contributed by atoms with E-state index in [1.54, 1.807) is 6.07 Å². The van der Waals surface area contributed by atoms with Gasteiger partial charge in [0.15, 0.2) is 5.78 Å². The van der Waals surface area contributed by atoms with E-state index in [4.69, 9.17) is 0 Å². The summed E-state index contributed by atoms with van der Waals surface area (Å²) < 4.78 is 13.3. The van der Waals surface area contributed by atoms with Crippen molar-refractivity contribution in [3.05, 3.63) is 35.1 Å². The Balaban J connectivity index is 1.83. The van der Waals surface area contributed by atoms with Crippen LogP contribution in [0.4, 0.5) is 4.39 Å². The Morgan fingerprint density at radius 3 is 2.53 bits per heavy atom. The van der Waals surface area contributed by atoms with E-state index in [-0.39, 0.29) is 17.5 Å². The van der Waals surface area contributed by atoms with E-state index >= 15 is 0 Å². The summed E-state index contributed by atoms with van der Waals surface area (Å²) in [7, 11) is 2.16. The summed E-state index contributed by atoms with van der Waals surface area (Å²) in [6.45, 7) is 1.89. The van der Waals surface area contributed by atoms with Crippen molar-refractivity contribution in [2.75, 3.05) is 7.05 Å². The summed E-state index contributed by atoms with van der Waals surface area (Å²) in [5.74, 6) is -0.0963. The summed E-state index contributed by atoms with van der Waals surface area (Å²) in [5.41, 5.74) is 1.46. The molecule has 0 radical (unpaired) electrons. The minimum Gasteiger partial charge on any atom is -0.300 e. The standard InChI is InChI=1S/C16H20FNO/c1-10-3-4-12(17)9-15(10)16(19)11-7-13-5-6-14(8-11)18(13)2/h3-4,9,11,13-14H,5-8H2,1-2H3. The van der Waals surface area contributed by atoms with Crippen LogP contribution in [0.5, 0.6) is 0 Å². The van der Waals surface area contributed by atoms with Crippen LogP contribution in [0.2, 0.25) is 0 Å². The lowest BCUT2D eigenvalue weighted by Gasteiger charge is -2.35. The highest BCUT2D eigenvalue weighted by Crippen LogP contribution is 2.38. The zero-order valence-corrected chi connectivity index (χ0v) is 11.5. The molecule has 0 aliphatic carbocycles. The molecule has 3 rings (SSSR count). The number of piperidine rings is 1. The molecule has 2 aliphatic heterocycles. The van der Waals surface area contributed by atoms with Crippen molar-refractivity contribution in [2.24, 2.45) is 5.92 Å². The highest BCUT2D eigenvalue weighted by Gasteiger charge is 2.41. The minimum absolute atomic E-state index is 0.0780. The maximum Gasteiger partial charge on any atom is 0.166 e. The summed E-state index contributed by atoms with van der Waals surface area (Å²) in [6, 6.07) is 5.61. The fourth-order valence-electron chi connectivity index (χ4n) is 3.71. The molecule has 2 bridgehead atoms. The van der Waals surface area contributed by atoms with E-state index < -0.39 is 0 Å².